The number of benzene rings is 1. The number of nitro benzene ring substituents is 1. The van der Waals surface area contributed by atoms with Crippen molar-refractivity contribution in [3.8, 4) is 0 Å². The van der Waals surface area contributed by atoms with E-state index in [2.05, 4.69) is 22.9 Å². The summed E-state index contributed by atoms with van der Waals surface area (Å²) in [6, 6.07) is 6.76. The molecule has 0 saturated carbocycles. The summed E-state index contributed by atoms with van der Waals surface area (Å²) in [5, 5.41) is 10.4. The lowest BCUT2D eigenvalue weighted by molar-refractivity contribution is -0.384. The molecule has 0 aromatic heterocycles. The number of rotatable bonds is 5. The zero-order chi connectivity index (χ0) is 11.3. The minimum Gasteiger partial charge on any atom is -0.258 e. The van der Waals surface area contributed by atoms with Crippen LogP contribution in [-0.2, 0) is 6.42 Å². The van der Waals surface area contributed by atoms with Crippen LogP contribution in [0.5, 0.6) is 0 Å². The van der Waals surface area contributed by atoms with Crippen LogP contribution in [0.1, 0.15) is 25.3 Å². The normalized spacial score (nSPS) is 12.4. The average molecular weight is 272 g/mol. The van der Waals surface area contributed by atoms with Crippen LogP contribution >= 0.6 is 15.9 Å². The van der Waals surface area contributed by atoms with E-state index in [0.29, 0.717) is 4.83 Å². The highest BCUT2D eigenvalue weighted by atomic mass is 79.9. The molecule has 0 saturated heterocycles. The molecule has 0 amide bonds. The van der Waals surface area contributed by atoms with E-state index in [-0.39, 0.29) is 10.6 Å². The van der Waals surface area contributed by atoms with Crippen LogP contribution in [0.3, 0.4) is 0 Å². The highest BCUT2D eigenvalue weighted by Crippen LogP contribution is 2.17. The van der Waals surface area contributed by atoms with E-state index < -0.39 is 0 Å². The molecule has 1 aromatic carbocycles. The fourth-order valence-corrected chi connectivity index (χ4v) is 2.26. The lowest BCUT2D eigenvalue weighted by atomic mass is 10.1. The Hall–Kier alpha value is -0.900. The maximum atomic E-state index is 10.4. The fourth-order valence-electron chi connectivity index (χ4n) is 1.42. The van der Waals surface area contributed by atoms with Crippen molar-refractivity contribution in [2.75, 3.05) is 0 Å². The van der Waals surface area contributed by atoms with Gasteiger partial charge in [-0.3, -0.25) is 10.1 Å². The Morgan fingerprint density at radius 3 is 2.47 bits per heavy atom. The zero-order valence-corrected chi connectivity index (χ0v) is 10.2. The molecule has 0 fully saturated rings. The third-order valence-corrected chi connectivity index (χ3v) is 2.99. The minimum absolute atomic E-state index is 0.153. The summed E-state index contributed by atoms with van der Waals surface area (Å²) in [6.45, 7) is 2.14. The molecule has 0 heterocycles. The molecular formula is C11H14BrNO2. The van der Waals surface area contributed by atoms with E-state index >= 15 is 0 Å². The molecule has 1 rings (SSSR count). The minimum atomic E-state index is -0.374. The van der Waals surface area contributed by atoms with Gasteiger partial charge in [-0.25, -0.2) is 0 Å². The number of halogens is 1. The van der Waals surface area contributed by atoms with E-state index in [1.54, 1.807) is 12.1 Å². The molecule has 0 bridgehead atoms. The second kappa shape index (κ2) is 5.85. The first-order chi connectivity index (χ1) is 7.13. The Morgan fingerprint density at radius 2 is 2.00 bits per heavy atom. The van der Waals surface area contributed by atoms with Gasteiger partial charge in [-0.15, -0.1) is 0 Å². The second-order valence-electron chi connectivity index (χ2n) is 3.51. The first-order valence-corrected chi connectivity index (χ1v) is 5.92. The fraction of sp³-hybridized carbons (Fsp3) is 0.455. The molecule has 0 aliphatic heterocycles. The average Bonchev–Trinajstić information content (AvgIpc) is 2.18. The molecule has 0 aliphatic rings. The number of nitro groups is 1. The van der Waals surface area contributed by atoms with Crippen LogP contribution in [0.2, 0.25) is 0 Å². The van der Waals surface area contributed by atoms with Gasteiger partial charge in [0.2, 0.25) is 0 Å². The summed E-state index contributed by atoms with van der Waals surface area (Å²) >= 11 is 3.59. The molecule has 1 unspecified atom stereocenters. The summed E-state index contributed by atoms with van der Waals surface area (Å²) in [5.74, 6) is 0. The van der Waals surface area contributed by atoms with E-state index in [0.717, 1.165) is 24.8 Å². The third kappa shape index (κ3) is 4.00. The maximum Gasteiger partial charge on any atom is 0.269 e. The monoisotopic (exact) mass is 271 g/mol. The predicted molar refractivity (Wildman–Crippen MR) is 64.4 cm³/mol. The van der Waals surface area contributed by atoms with Gasteiger partial charge in [0.05, 0.1) is 4.92 Å². The van der Waals surface area contributed by atoms with E-state index in [1.165, 1.54) is 0 Å². The summed E-state index contributed by atoms with van der Waals surface area (Å²) in [7, 11) is 0. The van der Waals surface area contributed by atoms with Gasteiger partial charge in [0.15, 0.2) is 0 Å². The predicted octanol–water partition coefficient (Wildman–Crippen LogP) is 3.70. The van der Waals surface area contributed by atoms with Gasteiger partial charge in [-0.2, -0.15) is 0 Å². The SMILES string of the molecule is CCCC(Br)Cc1ccc([N+](=O)[O-])cc1. The van der Waals surface area contributed by atoms with Gasteiger partial charge in [0.1, 0.15) is 0 Å². The molecule has 0 radical (unpaired) electrons. The highest BCUT2D eigenvalue weighted by molar-refractivity contribution is 9.09. The van der Waals surface area contributed by atoms with Crippen LogP contribution in [-0.4, -0.2) is 9.75 Å². The first-order valence-electron chi connectivity index (χ1n) is 5.01. The zero-order valence-electron chi connectivity index (χ0n) is 8.65. The van der Waals surface area contributed by atoms with Crippen LogP contribution in [0.4, 0.5) is 5.69 Å². The summed E-state index contributed by atoms with van der Waals surface area (Å²) in [6.07, 6.45) is 3.19. The van der Waals surface area contributed by atoms with Crippen molar-refractivity contribution in [3.63, 3.8) is 0 Å². The van der Waals surface area contributed by atoms with Gasteiger partial charge >= 0.3 is 0 Å². The number of alkyl halides is 1. The van der Waals surface area contributed by atoms with Gasteiger partial charge < -0.3 is 0 Å². The van der Waals surface area contributed by atoms with E-state index in [9.17, 15) is 10.1 Å². The molecule has 0 spiro atoms. The number of hydrogen-bond acceptors (Lipinski definition) is 2. The van der Waals surface area contributed by atoms with Crippen molar-refractivity contribution in [2.24, 2.45) is 0 Å². The van der Waals surface area contributed by atoms with Crippen molar-refractivity contribution < 1.29 is 4.92 Å². The van der Waals surface area contributed by atoms with Gasteiger partial charge in [0.25, 0.3) is 5.69 Å². The Morgan fingerprint density at radius 1 is 1.40 bits per heavy atom. The number of nitrogens with zero attached hydrogens (tertiary/aromatic N) is 1. The Bertz CT molecular complexity index is 324. The lowest BCUT2D eigenvalue weighted by Gasteiger charge is -2.07. The summed E-state index contributed by atoms with van der Waals surface area (Å²) < 4.78 is 0. The first kappa shape index (κ1) is 12.2. The molecule has 1 aromatic rings. The Labute approximate surface area is 97.8 Å². The van der Waals surface area contributed by atoms with Gasteiger partial charge in [-0.05, 0) is 18.4 Å². The van der Waals surface area contributed by atoms with E-state index in [4.69, 9.17) is 0 Å². The van der Waals surface area contributed by atoms with Crippen molar-refractivity contribution in [2.45, 2.75) is 31.0 Å². The van der Waals surface area contributed by atoms with Crippen molar-refractivity contribution in [3.05, 3.63) is 39.9 Å². The third-order valence-electron chi connectivity index (χ3n) is 2.21. The van der Waals surface area contributed by atoms with Crippen molar-refractivity contribution >= 4 is 21.6 Å². The largest absolute Gasteiger partial charge is 0.269 e. The molecule has 1 atom stereocenters. The van der Waals surface area contributed by atoms with Crippen LogP contribution < -0.4 is 0 Å². The standard InChI is InChI=1S/C11H14BrNO2/c1-2-3-10(12)8-9-4-6-11(7-5-9)13(14)15/h4-7,10H,2-3,8H2,1H3. The smallest absolute Gasteiger partial charge is 0.258 e. The number of non-ortho nitro benzene ring substituents is 1. The highest BCUT2D eigenvalue weighted by Gasteiger charge is 2.07. The Balaban J connectivity index is 2.60. The molecule has 3 nitrogen and oxygen atoms in total. The quantitative estimate of drug-likeness (QED) is 0.466. The Kier molecular flexibility index (Phi) is 4.75. The molecule has 82 valence electrons. The van der Waals surface area contributed by atoms with Crippen molar-refractivity contribution in [1.82, 2.24) is 0 Å². The topological polar surface area (TPSA) is 43.1 Å². The lowest BCUT2D eigenvalue weighted by Crippen LogP contribution is -2.01. The molecule has 0 N–H and O–H groups in total. The van der Waals surface area contributed by atoms with Gasteiger partial charge in [-0.1, -0.05) is 41.4 Å². The second-order valence-corrected chi connectivity index (χ2v) is 4.81. The van der Waals surface area contributed by atoms with E-state index in [1.807, 2.05) is 12.1 Å². The molecule has 4 heteroatoms. The van der Waals surface area contributed by atoms with Crippen LogP contribution in [0.25, 0.3) is 0 Å². The summed E-state index contributed by atoms with van der Waals surface area (Å²) in [5.41, 5.74) is 1.29. The molecule has 0 aliphatic carbocycles. The van der Waals surface area contributed by atoms with Crippen LogP contribution in [0.15, 0.2) is 24.3 Å². The van der Waals surface area contributed by atoms with Gasteiger partial charge in [0, 0.05) is 17.0 Å². The van der Waals surface area contributed by atoms with Crippen LogP contribution in [0, 0.1) is 10.1 Å². The molecular weight excluding hydrogens is 258 g/mol. The maximum absolute atomic E-state index is 10.4. The number of hydrogen-bond donors (Lipinski definition) is 0. The summed E-state index contributed by atoms with van der Waals surface area (Å²) in [4.78, 5) is 10.5. The van der Waals surface area contributed by atoms with Crippen molar-refractivity contribution in [1.29, 1.82) is 0 Å². The molecule has 15 heavy (non-hydrogen) atoms.